The average Bonchev–Trinajstić information content (AvgIpc) is 1.97. The summed E-state index contributed by atoms with van der Waals surface area (Å²) >= 11 is 0.675. The van der Waals surface area contributed by atoms with Crippen LogP contribution in [0.2, 0.25) is 0 Å². The fourth-order valence-corrected chi connectivity index (χ4v) is 2.06. The average molecular weight is 373 g/mol. The molecule has 0 amide bonds. The van der Waals surface area contributed by atoms with Crippen molar-refractivity contribution < 1.29 is 26.3 Å². The monoisotopic (exact) mass is 373 g/mol. The fourth-order valence-electron chi connectivity index (χ4n) is 0.821. The van der Waals surface area contributed by atoms with Gasteiger partial charge in [0.25, 0.3) is 0 Å². The molecule has 0 saturated heterocycles. The maximum atomic E-state index is 12.3. The summed E-state index contributed by atoms with van der Waals surface area (Å²) in [7, 11) is 0. The second-order valence-corrected chi connectivity index (χ2v) is 4.69. The lowest BCUT2D eigenvalue weighted by molar-refractivity contribution is -0.140. The van der Waals surface area contributed by atoms with E-state index < -0.39 is 34.0 Å². The number of halogens is 7. The second-order valence-electron chi connectivity index (χ2n) is 2.53. The molecule has 0 aliphatic rings. The van der Waals surface area contributed by atoms with Crippen LogP contribution in [0, 0.1) is 3.70 Å². The molecule has 0 saturated carbocycles. The van der Waals surface area contributed by atoms with Gasteiger partial charge in [0.2, 0.25) is 0 Å². The van der Waals surface area contributed by atoms with E-state index in [0.29, 0.717) is 6.07 Å². The van der Waals surface area contributed by atoms with Crippen molar-refractivity contribution in [2.45, 2.75) is 16.7 Å². The van der Waals surface area contributed by atoms with E-state index in [1.54, 1.807) is 22.6 Å². The molecule has 1 aromatic rings. The van der Waals surface area contributed by atoms with Crippen LogP contribution in [0.5, 0.6) is 0 Å². The molecule has 0 spiro atoms. The number of aromatic nitrogens is 1. The van der Waals surface area contributed by atoms with Crippen LogP contribution in [-0.2, 0) is 6.18 Å². The van der Waals surface area contributed by atoms with Crippen molar-refractivity contribution in [3.8, 4) is 0 Å². The van der Waals surface area contributed by atoms with Gasteiger partial charge in [-0.25, -0.2) is 4.98 Å². The van der Waals surface area contributed by atoms with Crippen LogP contribution in [0.1, 0.15) is 5.56 Å². The number of alkyl halides is 6. The van der Waals surface area contributed by atoms with E-state index in [9.17, 15) is 26.3 Å². The number of hydrogen-bond donors (Lipinski definition) is 0. The van der Waals surface area contributed by atoms with Crippen molar-refractivity contribution in [3.63, 3.8) is 0 Å². The minimum absolute atomic E-state index is 0.0670. The Balaban J connectivity index is 3.19. The summed E-state index contributed by atoms with van der Waals surface area (Å²) in [6, 6.07) is 1.59. The largest absolute Gasteiger partial charge is 0.447 e. The van der Waals surface area contributed by atoms with Crippen molar-refractivity contribution >= 4 is 34.4 Å². The molecule has 9 heteroatoms. The molecule has 1 rings (SSSR count). The van der Waals surface area contributed by atoms with Gasteiger partial charge >= 0.3 is 11.7 Å². The molecule has 0 aromatic carbocycles. The van der Waals surface area contributed by atoms with Crippen LogP contribution in [0.15, 0.2) is 17.2 Å². The SMILES string of the molecule is FC(F)(F)Sc1nc(I)ccc1C(F)(F)F. The number of rotatable bonds is 1. The quantitative estimate of drug-likeness (QED) is 0.315. The molecule has 1 aromatic heterocycles. The number of pyridine rings is 1. The molecule has 90 valence electrons. The predicted molar refractivity (Wildman–Crippen MR) is 53.9 cm³/mol. The number of hydrogen-bond acceptors (Lipinski definition) is 2. The molecule has 0 bridgehead atoms. The van der Waals surface area contributed by atoms with Gasteiger partial charge in [-0.05, 0) is 34.7 Å². The van der Waals surface area contributed by atoms with Crippen LogP contribution in [0.3, 0.4) is 0 Å². The maximum absolute atomic E-state index is 12.3. The van der Waals surface area contributed by atoms with Gasteiger partial charge in [-0.1, -0.05) is 0 Å². The number of thioether (sulfide) groups is 1. The molecule has 0 unspecified atom stereocenters. The van der Waals surface area contributed by atoms with Crippen LogP contribution >= 0.6 is 34.4 Å². The molecular formula is C7H2F6INS. The minimum Gasteiger partial charge on any atom is -0.235 e. The smallest absolute Gasteiger partial charge is 0.235 e. The predicted octanol–water partition coefficient (Wildman–Crippen LogP) is 4.32. The fraction of sp³-hybridized carbons (Fsp3) is 0.286. The third kappa shape index (κ3) is 4.00. The molecule has 0 fully saturated rings. The number of nitrogens with zero attached hydrogens (tertiary/aromatic N) is 1. The van der Waals surface area contributed by atoms with Gasteiger partial charge in [0.15, 0.2) is 0 Å². The Labute approximate surface area is 104 Å². The summed E-state index contributed by atoms with van der Waals surface area (Å²) in [6.45, 7) is 0. The van der Waals surface area contributed by atoms with Gasteiger partial charge in [-0.15, -0.1) is 0 Å². The van der Waals surface area contributed by atoms with E-state index in [1.807, 2.05) is 0 Å². The van der Waals surface area contributed by atoms with Gasteiger partial charge < -0.3 is 0 Å². The highest BCUT2D eigenvalue weighted by atomic mass is 127. The van der Waals surface area contributed by atoms with Crippen molar-refractivity contribution in [2.75, 3.05) is 0 Å². The third-order valence-electron chi connectivity index (χ3n) is 1.34. The van der Waals surface area contributed by atoms with Crippen molar-refractivity contribution in [3.05, 3.63) is 21.4 Å². The zero-order chi connectivity index (χ0) is 12.6. The van der Waals surface area contributed by atoms with Crippen LogP contribution < -0.4 is 0 Å². The lowest BCUT2D eigenvalue weighted by atomic mass is 10.3. The normalized spacial score (nSPS) is 12.9. The Hall–Kier alpha value is -0.190. The van der Waals surface area contributed by atoms with Crippen molar-refractivity contribution in [2.24, 2.45) is 0 Å². The Bertz CT molecular complexity index is 387. The molecule has 1 heterocycles. The van der Waals surface area contributed by atoms with Crippen LogP contribution in [0.4, 0.5) is 26.3 Å². The highest BCUT2D eigenvalue weighted by molar-refractivity contribution is 14.1. The Kier molecular flexibility index (Phi) is 3.98. The van der Waals surface area contributed by atoms with Crippen molar-refractivity contribution in [1.82, 2.24) is 4.98 Å². The van der Waals surface area contributed by atoms with E-state index in [4.69, 9.17) is 0 Å². The molecule has 0 aliphatic heterocycles. The van der Waals surface area contributed by atoms with E-state index in [2.05, 4.69) is 4.98 Å². The van der Waals surface area contributed by atoms with E-state index >= 15 is 0 Å². The highest BCUT2D eigenvalue weighted by Gasteiger charge is 2.39. The summed E-state index contributed by atoms with van der Waals surface area (Å²) in [6.07, 6.45) is -4.84. The summed E-state index contributed by atoms with van der Waals surface area (Å²) in [5.74, 6) is 0. The topological polar surface area (TPSA) is 12.9 Å². The summed E-state index contributed by atoms with van der Waals surface area (Å²) in [4.78, 5) is 3.23. The van der Waals surface area contributed by atoms with Gasteiger partial charge in [0.05, 0.1) is 5.56 Å². The molecule has 1 nitrogen and oxygen atoms in total. The van der Waals surface area contributed by atoms with Crippen LogP contribution in [0.25, 0.3) is 0 Å². The summed E-state index contributed by atoms with van der Waals surface area (Å²) < 4.78 is 73.0. The molecule has 0 radical (unpaired) electrons. The van der Waals surface area contributed by atoms with Crippen molar-refractivity contribution in [1.29, 1.82) is 0 Å². The minimum atomic E-state index is -4.84. The Morgan fingerprint density at radius 1 is 1.06 bits per heavy atom. The summed E-state index contributed by atoms with van der Waals surface area (Å²) in [5, 5.41) is -1.08. The lowest BCUT2D eigenvalue weighted by Crippen LogP contribution is -2.11. The maximum Gasteiger partial charge on any atom is 0.447 e. The zero-order valence-corrected chi connectivity index (χ0v) is 10.1. The first-order valence-electron chi connectivity index (χ1n) is 3.59. The molecular weight excluding hydrogens is 371 g/mol. The van der Waals surface area contributed by atoms with Crippen LogP contribution in [-0.4, -0.2) is 10.5 Å². The standard InChI is InChI=1S/C7H2F6INS/c8-6(9,10)3-1-2-4(14)15-5(3)16-7(11,12)13/h1-2H. The Morgan fingerprint density at radius 3 is 2.06 bits per heavy atom. The third-order valence-corrected chi connectivity index (χ3v) is 2.68. The molecule has 0 N–H and O–H groups in total. The first kappa shape index (κ1) is 13.9. The highest BCUT2D eigenvalue weighted by Crippen LogP contribution is 2.42. The van der Waals surface area contributed by atoms with Gasteiger partial charge in [-0.2, -0.15) is 26.3 Å². The van der Waals surface area contributed by atoms with Gasteiger partial charge in [-0.3, -0.25) is 0 Å². The van der Waals surface area contributed by atoms with Gasteiger partial charge in [0.1, 0.15) is 8.73 Å². The zero-order valence-electron chi connectivity index (χ0n) is 7.16. The van der Waals surface area contributed by atoms with Gasteiger partial charge in [0, 0.05) is 11.8 Å². The second kappa shape index (κ2) is 4.59. The van der Waals surface area contributed by atoms with E-state index in [-0.39, 0.29) is 3.70 Å². The molecule has 0 atom stereocenters. The lowest BCUT2D eigenvalue weighted by Gasteiger charge is -2.12. The summed E-state index contributed by atoms with van der Waals surface area (Å²) in [5.41, 5.74) is -6.17. The Morgan fingerprint density at radius 2 is 1.62 bits per heavy atom. The first-order chi connectivity index (χ1) is 7.09. The van der Waals surface area contributed by atoms with E-state index in [1.165, 1.54) is 0 Å². The molecule has 0 aliphatic carbocycles. The van der Waals surface area contributed by atoms with E-state index in [0.717, 1.165) is 6.07 Å². The molecule has 16 heavy (non-hydrogen) atoms. The first-order valence-corrected chi connectivity index (χ1v) is 5.48.